The smallest absolute Gasteiger partial charge is 0.235 e. The first-order chi connectivity index (χ1) is 11.1. The molecule has 0 saturated heterocycles. The van der Waals surface area contributed by atoms with Crippen LogP contribution in [0.15, 0.2) is 57.7 Å². The summed E-state index contributed by atoms with van der Waals surface area (Å²) < 4.78 is 11.2. The van der Waals surface area contributed by atoms with Gasteiger partial charge in [-0.3, -0.25) is 4.79 Å². The van der Waals surface area contributed by atoms with Gasteiger partial charge in [-0.1, -0.05) is 41.9 Å². The first kappa shape index (κ1) is 15.4. The van der Waals surface area contributed by atoms with E-state index in [9.17, 15) is 4.79 Å². The molecule has 116 valence electrons. The van der Waals surface area contributed by atoms with Gasteiger partial charge in [0, 0.05) is 5.02 Å². The van der Waals surface area contributed by atoms with Crippen molar-refractivity contribution < 1.29 is 9.15 Å². The zero-order valence-corrected chi connectivity index (χ0v) is 13.6. The van der Waals surface area contributed by atoms with Gasteiger partial charge in [0.2, 0.25) is 11.2 Å². The Balaban J connectivity index is 2.23. The molecule has 1 aromatic heterocycles. The minimum absolute atomic E-state index is 0.185. The van der Waals surface area contributed by atoms with Gasteiger partial charge in [-0.25, -0.2) is 0 Å². The minimum atomic E-state index is -0.230. The monoisotopic (exact) mass is 326 g/mol. The zero-order chi connectivity index (χ0) is 16.4. The van der Waals surface area contributed by atoms with Crippen LogP contribution in [0.5, 0.6) is 5.75 Å². The van der Waals surface area contributed by atoms with E-state index in [4.69, 9.17) is 20.8 Å². The molecule has 4 heteroatoms. The van der Waals surface area contributed by atoms with E-state index in [1.165, 1.54) is 7.11 Å². The maximum absolute atomic E-state index is 12.6. The van der Waals surface area contributed by atoms with Gasteiger partial charge >= 0.3 is 0 Å². The van der Waals surface area contributed by atoms with E-state index >= 15 is 0 Å². The molecule has 0 bridgehead atoms. The molecule has 2 aromatic carbocycles. The number of allylic oxidation sites excluding steroid dienone is 1. The Hall–Kier alpha value is -2.52. The van der Waals surface area contributed by atoms with Crippen LogP contribution in [-0.4, -0.2) is 7.11 Å². The maximum atomic E-state index is 12.6. The molecular weight excluding hydrogens is 312 g/mol. The van der Waals surface area contributed by atoms with Crippen molar-refractivity contribution in [2.45, 2.75) is 6.92 Å². The second-order valence-corrected chi connectivity index (χ2v) is 5.61. The summed E-state index contributed by atoms with van der Waals surface area (Å²) in [7, 11) is 1.46. The summed E-state index contributed by atoms with van der Waals surface area (Å²) in [5.74, 6) is 0.612. The molecule has 0 unspecified atom stereocenters. The predicted octanol–water partition coefficient (Wildman–Crippen LogP) is 5.02. The first-order valence-electron chi connectivity index (χ1n) is 7.14. The fraction of sp³-hybridized carbons (Fsp3) is 0.105. The molecular formula is C19H15ClO3. The SMILES string of the molecule is COc1c(/C(C)=C/c2ccccc2)oc2ccc(Cl)cc2c1=O. The third-order valence-electron chi connectivity index (χ3n) is 3.56. The molecule has 0 radical (unpaired) electrons. The second-order valence-electron chi connectivity index (χ2n) is 5.17. The Morgan fingerprint density at radius 3 is 2.61 bits per heavy atom. The molecule has 3 aromatic rings. The van der Waals surface area contributed by atoms with Gasteiger partial charge in [-0.15, -0.1) is 0 Å². The Labute approximate surface area is 138 Å². The molecule has 0 spiro atoms. The van der Waals surface area contributed by atoms with Gasteiger partial charge in [0.25, 0.3) is 0 Å². The van der Waals surface area contributed by atoms with Crippen LogP contribution in [0.2, 0.25) is 5.02 Å². The lowest BCUT2D eigenvalue weighted by Crippen LogP contribution is -2.08. The molecule has 0 aliphatic rings. The fourth-order valence-corrected chi connectivity index (χ4v) is 2.63. The minimum Gasteiger partial charge on any atom is -0.490 e. The van der Waals surface area contributed by atoms with E-state index in [-0.39, 0.29) is 11.2 Å². The van der Waals surface area contributed by atoms with E-state index in [1.807, 2.05) is 43.3 Å². The largest absolute Gasteiger partial charge is 0.490 e. The Bertz CT molecular complexity index is 940. The number of halogens is 1. The average Bonchev–Trinajstić information content (AvgIpc) is 2.56. The molecule has 0 atom stereocenters. The summed E-state index contributed by atoms with van der Waals surface area (Å²) >= 11 is 5.96. The van der Waals surface area contributed by atoms with Gasteiger partial charge in [-0.05, 0) is 42.3 Å². The van der Waals surface area contributed by atoms with Crippen molar-refractivity contribution in [1.29, 1.82) is 0 Å². The molecule has 1 heterocycles. The summed E-state index contributed by atoms with van der Waals surface area (Å²) in [6.45, 7) is 1.88. The highest BCUT2D eigenvalue weighted by Gasteiger charge is 2.16. The van der Waals surface area contributed by atoms with Crippen LogP contribution in [0.25, 0.3) is 22.6 Å². The van der Waals surface area contributed by atoms with Crippen molar-refractivity contribution in [3.63, 3.8) is 0 Å². The summed E-state index contributed by atoms with van der Waals surface area (Å²) in [6.07, 6.45) is 1.95. The van der Waals surface area contributed by atoms with Crippen LogP contribution in [-0.2, 0) is 0 Å². The lowest BCUT2D eigenvalue weighted by Gasteiger charge is -2.09. The Morgan fingerprint density at radius 2 is 1.91 bits per heavy atom. The van der Waals surface area contributed by atoms with Crippen molar-refractivity contribution in [2.24, 2.45) is 0 Å². The third kappa shape index (κ3) is 3.01. The summed E-state index contributed by atoms with van der Waals surface area (Å²) in [6, 6.07) is 14.8. The van der Waals surface area contributed by atoms with Crippen LogP contribution >= 0.6 is 11.6 Å². The highest BCUT2D eigenvalue weighted by atomic mass is 35.5. The van der Waals surface area contributed by atoms with Crippen LogP contribution in [0, 0.1) is 0 Å². The number of fused-ring (bicyclic) bond motifs is 1. The highest BCUT2D eigenvalue weighted by molar-refractivity contribution is 6.31. The zero-order valence-electron chi connectivity index (χ0n) is 12.8. The topological polar surface area (TPSA) is 39.4 Å². The van der Waals surface area contributed by atoms with Crippen molar-refractivity contribution in [2.75, 3.05) is 7.11 Å². The van der Waals surface area contributed by atoms with E-state index in [0.29, 0.717) is 21.8 Å². The first-order valence-corrected chi connectivity index (χ1v) is 7.52. The summed E-state index contributed by atoms with van der Waals surface area (Å²) in [5.41, 5.74) is 2.08. The van der Waals surface area contributed by atoms with Gasteiger partial charge in [0.05, 0.1) is 12.5 Å². The van der Waals surface area contributed by atoms with Crippen molar-refractivity contribution in [3.8, 4) is 5.75 Å². The van der Waals surface area contributed by atoms with E-state index < -0.39 is 0 Å². The molecule has 23 heavy (non-hydrogen) atoms. The van der Waals surface area contributed by atoms with Crippen molar-refractivity contribution in [1.82, 2.24) is 0 Å². The molecule has 0 fully saturated rings. The average molecular weight is 327 g/mol. The second kappa shape index (κ2) is 6.31. The van der Waals surface area contributed by atoms with Crippen molar-refractivity contribution in [3.05, 3.63) is 75.1 Å². The number of hydrogen-bond acceptors (Lipinski definition) is 3. The number of methoxy groups -OCH3 is 1. The molecule has 0 saturated carbocycles. The fourth-order valence-electron chi connectivity index (χ4n) is 2.46. The number of hydrogen-bond donors (Lipinski definition) is 0. The molecule has 3 nitrogen and oxygen atoms in total. The molecule has 3 rings (SSSR count). The molecule has 0 amide bonds. The Morgan fingerprint density at radius 1 is 1.17 bits per heavy atom. The van der Waals surface area contributed by atoms with Gasteiger partial charge in [0.1, 0.15) is 5.58 Å². The maximum Gasteiger partial charge on any atom is 0.235 e. The number of rotatable bonds is 3. The third-order valence-corrected chi connectivity index (χ3v) is 3.79. The lowest BCUT2D eigenvalue weighted by atomic mass is 10.1. The quantitative estimate of drug-likeness (QED) is 0.678. The molecule has 0 aliphatic carbocycles. The van der Waals surface area contributed by atoms with Gasteiger partial charge in [-0.2, -0.15) is 0 Å². The summed E-state index contributed by atoms with van der Waals surface area (Å²) in [5, 5.41) is 0.891. The summed E-state index contributed by atoms with van der Waals surface area (Å²) in [4.78, 5) is 12.6. The molecule has 0 aliphatic heterocycles. The number of benzene rings is 2. The van der Waals surface area contributed by atoms with Crippen LogP contribution < -0.4 is 10.2 Å². The molecule has 0 N–H and O–H groups in total. The standard InChI is InChI=1S/C19H15ClO3/c1-12(10-13-6-4-3-5-7-13)18-19(22-2)17(21)15-11-14(20)8-9-16(15)23-18/h3-11H,1-2H3/b12-10+. The van der Waals surface area contributed by atoms with E-state index in [2.05, 4.69) is 0 Å². The highest BCUT2D eigenvalue weighted by Crippen LogP contribution is 2.29. The van der Waals surface area contributed by atoms with Crippen LogP contribution in [0.4, 0.5) is 0 Å². The van der Waals surface area contributed by atoms with Gasteiger partial charge < -0.3 is 9.15 Å². The van der Waals surface area contributed by atoms with Crippen molar-refractivity contribution >= 4 is 34.2 Å². The van der Waals surface area contributed by atoms with Crippen LogP contribution in [0.3, 0.4) is 0 Å². The Kier molecular flexibility index (Phi) is 4.22. The normalized spacial score (nSPS) is 11.7. The number of ether oxygens (including phenoxy) is 1. The van der Waals surface area contributed by atoms with Gasteiger partial charge in [0.15, 0.2) is 5.76 Å². The predicted molar refractivity (Wildman–Crippen MR) is 94.0 cm³/mol. The van der Waals surface area contributed by atoms with E-state index in [1.54, 1.807) is 18.2 Å². The lowest BCUT2D eigenvalue weighted by molar-refractivity contribution is 0.390. The van der Waals surface area contributed by atoms with E-state index in [0.717, 1.165) is 11.1 Å². The van der Waals surface area contributed by atoms with Crippen LogP contribution in [0.1, 0.15) is 18.2 Å².